The van der Waals surface area contributed by atoms with Crippen LogP contribution in [0, 0.1) is 0 Å². The number of carboxylic acids is 1. The highest BCUT2D eigenvalue weighted by Crippen LogP contribution is 2.44. The molecule has 0 radical (unpaired) electrons. The molecule has 0 heterocycles. The van der Waals surface area contributed by atoms with Crippen LogP contribution in [-0.4, -0.2) is 67.3 Å². The van der Waals surface area contributed by atoms with E-state index < -0.39 is 30.1 Å². The van der Waals surface area contributed by atoms with Gasteiger partial charge in [0.2, 0.25) is 5.91 Å². The molecule has 0 bridgehead atoms. The average Bonchev–Trinajstić information content (AvgIpc) is 3.08. The van der Waals surface area contributed by atoms with Crippen LogP contribution in [0.5, 0.6) is 0 Å². The molecule has 2 atom stereocenters. The molecule has 2 unspecified atom stereocenters. The first-order valence-electron chi connectivity index (χ1n) is 10.6. The number of hydrogen-bond acceptors (Lipinski definition) is 5. The fourth-order valence-electron chi connectivity index (χ4n) is 3.82. The van der Waals surface area contributed by atoms with Crippen molar-refractivity contribution in [3.63, 3.8) is 0 Å². The van der Waals surface area contributed by atoms with Crippen molar-refractivity contribution in [2.24, 2.45) is 0 Å². The molecule has 8 nitrogen and oxygen atoms in total. The molecule has 8 heteroatoms. The maximum atomic E-state index is 12.4. The van der Waals surface area contributed by atoms with Crippen molar-refractivity contribution in [2.45, 2.75) is 31.3 Å². The highest BCUT2D eigenvalue weighted by molar-refractivity contribution is 5.89. The number of benzene rings is 2. The summed E-state index contributed by atoms with van der Waals surface area (Å²) in [4.78, 5) is 37.9. The Balaban J connectivity index is 1.56. The molecule has 0 aromatic heterocycles. The predicted molar refractivity (Wildman–Crippen MR) is 120 cm³/mol. The number of alkyl carbamates (subject to hydrolysis) is 1. The van der Waals surface area contributed by atoms with Gasteiger partial charge in [0.05, 0.1) is 0 Å². The Hall–Kier alpha value is -3.39. The highest BCUT2D eigenvalue weighted by Gasteiger charge is 2.29. The zero-order valence-electron chi connectivity index (χ0n) is 18.5. The molecule has 3 N–H and O–H groups in total. The zero-order valence-corrected chi connectivity index (χ0v) is 18.5. The van der Waals surface area contributed by atoms with E-state index in [4.69, 9.17) is 4.74 Å². The van der Waals surface area contributed by atoms with Crippen LogP contribution in [-0.2, 0) is 14.3 Å². The standard InChI is InChI=1S/C24H29N3O5/c1-15(22(28)26-21(23(29)30)12-13-27(2)3)25-24(31)32-14-20-18-10-6-4-8-16(18)17-9-5-7-11-19(17)20/h4-11,15,20-21H,12-14H2,1-3H3,(H,25,31)(H,26,28)(H,29,30). The predicted octanol–water partition coefficient (Wildman–Crippen LogP) is 2.43. The third-order valence-electron chi connectivity index (χ3n) is 5.55. The molecule has 1 aliphatic rings. The van der Waals surface area contributed by atoms with Crippen LogP contribution in [0.25, 0.3) is 11.1 Å². The molecule has 2 amide bonds. The second kappa shape index (κ2) is 10.3. The van der Waals surface area contributed by atoms with Crippen LogP contribution in [0.2, 0.25) is 0 Å². The van der Waals surface area contributed by atoms with Gasteiger partial charge >= 0.3 is 12.1 Å². The van der Waals surface area contributed by atoms with E-state index in [9.17, 15) is 19.5 Å². The summed E-state index contributed by atoms with van der Waals surface area (Å²) in [6, 6.07) is 14.1. The topological polar surface area (TPSA) is 108 Å². The zero-order chi connectivity index (χ0) is 23.3. The van der Waals surface area contributed by atoms with Crippen LogP contribution in [0.4, 0.5) is 4.79 Å². The molecule has 0 spiro atoms. The SMILES string of the molecule is CC(NC(=O)OCC1c2ccccc2-c2ccccc21)C(=O)NC(CCN(C)C)C(=O)O. The summed E-state index contributed by atoms with van der Waals surface area (Å²) in [5.41, 5.74) is 4.44. The Bertz CT molecular complexity index is 946. The minimum absolute atomic E-state index is 0.0836. The largest absolute Gasteiger partial charge is 0.480 e. The molecule has 0 aliphatic heterocycles. The molecular formula is C24H29N3O5. The number of amides is 2. The van der Waals surface area contributed by atoms with Gasteiger partial charge in [0, 0.05) is 12.5 Å². The Morgan fingerprint density at radius 3 is 2.09 bits per heavy atom. The van der Waals surface area contributed by atoms with Gasteiger partial charge in [0.15, 0.2) is 0 Å². The van der Waals surface area contributed by atoms with E-state index in [1.54, 1.807) is 0 Å². The van der Waals surface area contributed by atoms with Gasteiger partial charge in [-0.05, 0) is 49.7 Å². The minimum atomic E-state index is -1.12. The summed E-state index contributed by atoms with van der Waals surface area (Å²) in [6.07, 6.45) is -0.471. The number of aliphatic carboxylic acids is 1. The first-order valence-corrected chi connectivity index (χ1v) is 10.6. The molecule has 0 saturated carbocycles. The molecule has 32 heavy (non-hydrogen) atoms. The highest BCUT2D eigenvalue weighted by atomic mass is 16.5. The Labute approximate surface area is 187 Å². The van der Waals surface area contributed by atoms with E-state index in [1.165, 1.54) is 6.92 Å². The number of carbonyl (C=O) groups excluding carboxylic acids is 2. The number of nitrogens with one attached hydrogen (secondary N) is 2. The van der Waals surface area contributed by atoms with Crippen LogP contribution in [0.3, 0.4) is 0 Å². The first-order chi connectivity index (χ1) is 15.3. The number of carboxylic acid groups (broad SMARTS) is 1. The van der Waals surface area contributed by atoms with E-state index in [0.29, 0.717) is 6.54 Å². The smallest absolute Gasteiger partial charge is 0.407 e. The van der Waals surface area contributed by atoms with Crippen molar-refractivity contribution in [2.75, 3.05) is 27.2 Å². The monoisotopic (exact) mass is 439 g/mol. The minimum Gasteiger partial charge on any atom is -0.480 e. The summed E-state index contributed by atoms with van der Waals surface area (Å²) < 4.78 is 5.44. The van der Waals surface area contributed by atoms with Crippen molar-refractivity contribution in [3.05, 3.63) is 59.7 Å². The van der Waals surface area contributed by atoms with E-state index in [2.05, 4.69) is 22.8 Å². The van der Waals surface area contributed by atoms with Gasteiger partial charge in [-0.15, -0.1) is 0 Å². The summed E-state index contributed by atoms with van der Waals surface area (Å²) in [7, 11) is 3.64. The number of nitrogens with zero attached hydrogens (tertiary/aromatic N) is 1. The first kappa shape index (κ1) is 23.3. The third-order valence-corrected chi connectivity index (χ3v) is 5.55. The summed E-state index contributed by atoms with van der Waals surface area (Å²) in [5, 5.41) is 14.3. The van der Waals surface area contributed by atoms with Gasteiger partial charge in [-0.3, -0.25) is 4.79 Å². The fourth-order valence-corrected chi connectivity index (χ4v) is 3.82. The molecular weight excluding hydrogens is 410 g/mol. The van der Waals surface area contributed by atoms with Crippen molar-refractivity contribution < 1.29 is 24.2 Å². The van der Waals surface area contributed by atoms with Crippen LogP contribution < -0.4 is 10.6 Å². The number of hydrogen-bond donors (Lipinski definition) is 3. The fraction of sp³-hybridized carbons (Fsp3) is 0.375. The lowest BCUT2D eigenvalue weighted by Crippen LogP contribution is -2.51. The molecule has 2 aromatic rings. The second-order valence-corrected chi connectivity index (χ2v) is 8.18. The van der Waals surface area contributed by atoms with E-state index in [0.717, 1.165) is 22.3 Å². The van der Waals surface area contributed by atoms with Gasteiger partial charge < -0.3 is 25.4 Å². The van der Waals surface area contributed by atoms with Crippen LogP contribution in [0.15, 0.2) is 48.5 Å². The van der Waals surface area contributed by atoms with E-state index in [1.807, 2.05) is 55.4 Å². The van der Waals surface area contributed by atoms with Gasteiger partial charge in [0.25, 0.3) is 0 Å². The van der Waals surface area contributed by atoms with Crippen molar-refractivity contribution in [1.82, 2.24) is 15.5 Å². The Morgan fingerprint density at radius 1 is 1.00 bits per heavy atom. The number of rotatable bonds is 9. The lowest BCUT2D eigenvalue weighted by atomic mass is 9.98. The van der Waals surface area contributed by atoms with Gasteiger partial charge in [0.1, 0.15) is 18.7 Å². The van der Waals surface area contributed by atoms with Gasteiger partial charge in [-0.2, -0.15) is 0 Å². The summed E-state index contributed by atoms with van der Waals surface area (Å²) in [6.45, 7) is 2.13. The number of fused-ring (bicyclic) bond motifs is 3. The van der Waals surface area contributed by atoms with Crippen LogP contribution >= 0.6 is 0 Å². The maximum absolute atomic E-state index is 12.4. The lowest BCUT2D eigenvalue weighted by molar-refractivity contribution is -0.142. The van der Waals surface area contributed by atoms with Crippen molar-refractivity contribution in [1.29, 1.82) is 0 Å². The summed E-state index contributed by atoms with van der Waals surface area (Å²) >= 11 is 0. The van der Waals surface area contributed by atoms with E-state index >= 15 is 0 Å². The molecule has 0 saturated heterocycles. The third kappa shape index (κ3) is 5.45. The maximum Gasteiger partial charge on any atom is 0.407 e. The number of ether oxygens (including phenoxy) is 1. The molecule has 170 valence electrons. The number of carbonyl (C=O) groups is 3. The Kier molecular flexibility index (Phi) is 7.48. The van der Waals surface area contributed by atoms with Gasteiger partial charge in [-0.1, -0.05) is 48.5 Å². The second-order valence-electron chi connectivity index (χ2n) is 8.18. The lowest BCUT2D eigenvalue weighted by Gasteiger charge is -2.20. The quantitative estimate of drug-likeness (QED) is 0.554. The normalized spacial score (nSPS) is 14.2. The van der Waals surface area contributed by atoms with Crippen molar-refractivity contribution >= 4 is 18.0 Å². The van der Waals surface area contributed by atoms with Crippen molar-refractivity contribution in [3.8, 4) is 11.1 Å². The van der Waals surface area contributed by atoms with Crippen LogP contribution in [0.1, 0.15) is 30.4 Å². The molecule has 3 rings (SSSR count). The summed E-state index contributed by atoms with van der Waals surface area (Å²) in [5.74, 6) is -1.78. The molecule has 2 aromatic carbocycles. The molecule has 0 fully saturated rings. The average molecular weight is 440 g/mol. The Morgan fingerprint density at radius 2 is 1.56 bits per heavy atom. The van der Waals surface area contributed by atoms with Gasteiger partial charge in [-0.25, -0.2) is 9.59 Å². The molecule has 1 aliphatic carbocycles. The van der Waals surface area contributed by atoms with E-state index in [-0.39, 0.29) is 18.9 Å².